The summed E-state index contributed by atoms with van der Waals surface area (Å²) in [6.07, 6.45) is 6.85. The number of hydrogen-bond acceptors (Lipinski definition) is 7. The third kappa shape index (κ3) is 4.98. The maximum atomic E-state index is 15.2. The average molecular weight is 533 g/mol. The Labute approximate surface area is 227 Å². The fraction of sp³-hybridized carbons (Fsp3) is 0.448. The summed E-state index contributed by atoms with van der Waals surface area (Å²) in [7, 11) is 2.16. The summed E-state index contributed by atoms with van der Waals surface area (Å²) in [6.45, 7) is 9.63. The molecule has 3 aliphatic rings. The molecule has 204 valence electrons. The SMILES string of the molecule is C=N/C=C(F)\C(=N/CNc1ccc(CN2CCN(C)[C@@H](C)C2)cn1)c1cc(F)c2nc3n(c2c1)C1(CC3)CC1. The zero-order chi connectivity index (χ0) is 27.1. The van der Waals surface area contributed by atoms with Gasteiger partial charge in [-0.05, 0) is 63.7 Å². The smallest absolute Gasteiger partial charge is 0.167 e. The number of likely N-dealkylation sites (N-methyl/N-ethyl adjacent to an activating group) is 1. The third-order valence-corrected chi connectivity index (χ3v) is 8.37. The van der Waals surface area contributed by atoms with E-state index in [2.05, 4.69) is 60.3 Å². The van der Waals surface area contributed by atoms with Gasteiger partial charge in [0.05, 0.1) is 11.7 Å². The number of nitrogens with zero attached hydrogens (tertiary/aromatic N) is 7. The van der Waals surface area contributed by atoms with Crippen molar-refractivity contribution in [1.82, 2.24) is 24.3 Å². The van der Waals surface area contributed by atoms with Gasteiger partial charge in [-0.3, -0.25) is 14.9 Å². The number of pyridine rings is 1. The highest BCUT2D eigenvalue weighted by atomic mass is 19.1. The van der Waals surface area contributed by atoms with Crippen LogP contribution >= 0.6 is 0 Å². The molecule has 1 aromatic carbocycles. The van der Waals surface area contributed by atoms with Crippen LogP contribution in [0.1, 0.15) is 43.1 Å². The van der Waals surface area contributed by atoms with Crippen molar-refractivity contribution in [2.75, 3.05) is 38.7 Å². The topological polar surface area (TPSA) is 73.9 Å². The second-order valence-corrected chi connectivity index (χ2v) is 11.0. The predicted octanol–water partition coefficient (Wildman–Crippen LogP) is 4.51. The normalized spacial score (nSPS) is 21.5. The summed E-state index contributed by atoms with van der Waals surface area (Å²) >= 11 is 0. The Morgan fingerprint density at radius 2 is 2.10 bits per heavy atom. The number of fused-ring (bicyclic) bond motifs is 4. The number of halogens is 2. The quantitative estimate of drug-likeness (QED) is 0.432. The molecule has 0 unspecified atom stereocenters. The van der Waals surface area contributed by atoms with E-state index in [9.17, 15) is 0 Å². The van der Waals surface area contributed by atoms with Crippen LogP contribution in [-0.2, 0) is 18.5 Å². The van der Waals surface area contributed by atoms with E-state index >= 15 is 8.78 Å². The largest absolute Gasteiger partial charge is 0.351 e. The molecule has 2 fully saturated rings. The first-order chi connectivity index (χ1) is 18.9. The molecule has 1 atom stereocenters. The molecule has 1 spiro atoms. The molecule has 4 heterocycles. The first-order valence-corrected chi connectivity index (χ1v) is 13.6. The number of rotatable bonds is 8. The van der Waals surface area contributed by atoms with E-state index in [4.69, 9.17) is 0 Å². The van der Waals surface area contributed by atoms with Gasteiger partial charge in [0, 0.05) is 55.9 Å². The Kier molecular flexibility index (Phi) is 6.76. The van der Waals surface area contributed by atoms with Gasteiger partial charge in [0.15, 0.2) is 11.6 Å². The Bertz CT molecular complexity index is 1450. The first-order valence-electron chi connectivity index (χ1n) is 13.6. The third-order valence-electron chi connectivity index (χ3n) is 8.37. The maximum Gasteiger partial charge on any atom is 0.167 e. The van der Waals surface area contributed by atoms with Crippen LogP contribution in [0.4, 0.5) is 14.6 Å². The summed E-state index contributed by atoms with van der Waals surface area (Å²) in [6, 6.07) is 7.57. The van der Waals surface area contributed by atoms with Crippen molar-refractivity contribution in [2.24, 2.45) is 9.98 Å². The number of benzene rings is 1. The van der Waals surface area contributed by atoms with E-state index in [0.29, 0.717) is 28.5 Å². The highest BCUT2D eigenvalue weighted by Gasteiger charge is 2.50. The number of aliphatic imine (C=N–C) groups is 2. The Morgan fingerprint density at radius 3 is 2.82 bits per heavy atom. The molecule has 1 saturated heterocycles. The second kappa shape index (κ2) is 10.2. The number of allylic oxidation sites excluding steroid dienone is 1. The Hall–Kier alpha value is -3.50. The molecular formula is C29H34F2N8. The summed E-state index contributed by atoms with van der Waals surface area (Å²) in [5.41, 5.74) is 2.56. The summed E-state index contributed by atoms with van der Waals surface area (Å²) < 4.78 is 32.4. The van der Waals surface area contributed by atoms with Crippen molar-refractivity contribution < 1.29 is 8.78 Å². The number of anilines is 1. The van der Waals surface area contributed by atoms with Crippen LogP contribution in [-0.4, -0.2) is 76.2 Å². The van der Waals surface area contributed by atoms with Crippen molar-refractivity contribution in [2.45, 2.75) is 50.7 Å². The predicted molar refractivity (Wildman–Crippen MR) is 151 cm³/mol. The average Bonchev–Trinajstić information content (AvgIpc) is 3.47. The highest BCUT2D eigenvalue weighted by Crippen LogP contribution is 2.53. The molecule has 10 heteroatoms. The summed E-state index contributed by atoms with van der Waals surface area (Å²) in [5, 5.41) is 3.13. The zero-order valence-electron chi connectivity index (χ0n) is 22.5. The van der Waals surface area contributed by atoms with E-state index in [-0.39, 0.29) is 17.9 Å². The Morgan fingerprint density at radius 1 is 1.26 bits per heavy atom. The van der Waals surface area contributed by atoms with Gasteiger partial charge >= 0.3 is 0 Å². The van der Waals surface area contributed by atoms with Crippen LogP contribution in [0.15, 0.2) is 52.5 Å². The maximum absolute atomic E-state index is 15.2. The first kappa shape index (κ1) is 25.8. The van der Waals surface area contributed by atoms with Gasteiger partial charge in [-0.15, -0.1) is 0 Å². The molecule has 0 amide bonds. The van der Waals surface area contributed by atoms with E-state index in [1.54, 1.807) is 6.07 Å². The van der Waals surface area contributed by atoms with E-state index < -0.39 is 11.6 Å². The van der Waals surface area contributed by atoms with Gasteiger partial charge < -0.3 is 14.8 Å². The molecule has 2 aromatic heterocycles. The van der Waals surface area contributed by atoms with Crippen molar-refractivity contribution in [1.29, 1.82) is 0 Å². The molecule has 1 N–H and O–H groups in total. The lowest BCUT2D eigenvalue weighted by molar-refractivity contribution is 0.0999. The molecule has 0 radical (unpaired) electrons. The number of nitrogens with one attached hydrogen (secondary N) is 1. The molecule has 2 aliphatic heterocycles. The number of aryl methyl sites for hydroxylation is 1. The lowest BCUT2D eigenvalue weighted by atomic mass is 10.1. The molecule has 6 rings (SSSR count). The van der Waals surface area contributed by atoms with Gasteiger partial charge in [0.2, 0.25) is 0 Å². The Balaban J connectivity index is 1.19. The van der Waals surface area contributed by atoms with Crippen molar-refractivity contribution in [3.63, 3.8) is 0 Å². The van der Waals surface area contributed by atoms with Gasteiger partial charge in [-0.1, -0.05) is 6.07 Å². The van der Waals surface area contributed by atoms with Crippen LogP contribution < -0.4 is 5.32 Å². The number of hydrogen-bond donors (Lipinski definition) is 1. The van der Waals surface area contributed by atoms with Crippen LogP contribution in [0.2, 0.25) is 0 Å². The lowest BCUT2D eigenvalue weighted by Crippen LogP contribution is -2.49. The van der Waals surface area contributed by atoms with Gasteiger partial charge in [0.1, 0.15) is 29.5 Å². The standard InChI is InChI=1S/C29H34F2N8/c1-19-16-38(11-10-37(19)3)17-20-4-5-25(33-14-20)34-18-35-27(23(31)15-32-2)21-12-22(30)28-24(13-21)39-26(36-28)6-7-29(39)8-9-29/h4-5,12-15,19H,2,6-11,16-18H2,1,3H3,(H,33,34)/b23-15+,35-27-/t19-/m0/s1. The minimum atomic E-state index is -0.683. The minimum absolute atomic E-state index is 0.00917. The summed E-state index contributed by atoms with van der Waals surface area (Å²) in [4.78, 5) is 21.9. The zero-order valence-corrected chi connectivity index (χ0v) is 22.5. The van der Waals surface area contributed by atoms with Gasteiger partial charge in [-0.2, -0.15) is 0 Å². The molecule has 1 aliphatic carbocycles. The van der Waals surface area contributed by atoms with Crippen LogP contribution in [0, 0.1) is 5.82 Å². The van der Waals surface area contributed by atoms with Crippen LogP contribution in [0.5, 0.6) is 0 Å². The molecular weight excluding hydrogens is 498 g/mol. The number of piperazine rings is 1. The van der Waals surface area contributed by atoms with Crippen LogP contribution in [0.3, 0.4) is 0 Å². The molecule has 8 nitrogen and oxygen atoms in total. The van der Waals surface area contributed by atoms with Crippen molar-refractivity contribution >= 4 is 29.3 Å². The fourth-order valence-electron chi connectivity index (χ4n) is 5.89. The number of imidazole rings is 1. The fourth-order valence-corrected chi connectivity index (χ4v) is 5.89. The van der Waals surface area contributed by atoms with Crippen molar-refractivity contribution in [3.05, 3.63) is 65.3 Å². The lowest BCUT2D eigenvalue weighted by Gasteiger charge is -2.37. The monoisotopic (exact) mass is 532 g/mol. The van der Waals surface area contributed by atoms with Gasteiger partial charge in [0.25, 0.3) is 0 Å². The van der Waals surface area contributed by atoms with E-state index in [0.717, 1.165) is 69.5 Å². The molecule has 1 saturated carbocycles. The molecule has 3 aromatic rings. The highest BCUT2D eigenvalue weighted by molar-refractivity contribution is 6.12. The van der Waals surface area contributed by atoms with Crippen LogP contribution in [0.25, 0.3) is 11.0 Å². The molecule has 0 bridgehead atoms. The second-order valence-electron chi connectivity index (χ2n) is 11.0. The molecule has 39 heavy (non-hydrogen) atoms. The van der Waals surface area contributed by atoms with Crippen molar-refractivity contribution in [3.8, 4) is 0 Å². The van der Waals surface area contributed by atoms with Gasteiger partial charge in [-0.25, -0.2) is 18.7 Å². The van der Waals surface area contributed by atoms with E-state index in [1.165, 1.54) is 6.07 Å². The minimum Gasteiger partial charge on any atom is -0.351 e. The number of aromatic nitrogens is 3. The summed E-state index contributed by atoms with van der Waals surface area (Å²) in [5.74, 6) is 0.370. The van der Waals surface area contributed by atoms with E-state index in [1.807, 2.05) is 18.3 Å².